The van der Waals surface area contributed by atoms with Gasteiger partial charge in [-0.2, -0.15) is 0 Å². The van der Waals surface area contributed by atoms with Crippen LogP contribution in [-0.4, -0.2) is 0 Å². The van der Waals surface area contributed by atoms with Gasteiger partial charge in [0.2, 0.25) is 0 Å². The molecule has 0 spiro atoms. The predicted octanol–water partition coefficient (Wildman–Crippen LogP) is 6.01. The average molecular weight is 261 g/mol. The van der Waals surface area contributed by atoms with Crippen LogP contribution in [0.3, 0.4) is 0 Å². The molecule has 0 aliphatic heterocycles. The molecule has 1 radical (unpaired) electrons. The molecule has 3 aliphatic rings. The van der Waals surface area contributed by atoms with Crippen LogP contribution in [0.4, 0.5) is 0 Å². The molecule has 0 amide bonds. The molecule has 0 heteroatoms. The summed E-state index contributed by atoms with van der Waals surface area (Å²) in [6.45, 7) is 4.37. The third kappa shape index (κ3) is 3.03. The summed E-state index contributed by atoms with van der Waals surface area (Å²) < 4.78 is 0. The van der Waals surface area contributed by atoms with E-state index in [1.165, 1.54) is 64.2 Å². The van der Waals surface area contributed by atoms with E-state index in [0.717, 1.165) is 29.6 Å². The van der Waals surface area contributed by atoms with E-state index in [1.807, 2.05) is 0 Å². The molecular weight excluding hydrogens is 228 g/mol. The van der Waals surface area contributed by atoms with Gasteiger partial charge in [-0.25, -0.2) is 0 Å². The lowest BCUT2D eigenvalue weighted by atomic mass is 9.58. The minimum absolute atomic E-state index is 0.978. The molecule has 19 heavy (non-hydrogen) atoms. The molecule has 4 unspecified atom stereocenters. The van der Waals surface area contributed by atoms with Crippen LogP contribution >= 0.6 is 0 Å². The zero-order valence-electron chi connectivity index (χ0n) is 12.8. The van der Waals surface area contributed by atoms with Gasteiger partial charge in [0, 0.05) is 0 Å². The molecule has 3 aliphatic carbocycles. The van der Waals surface area contributed by atoms with Crippen molar-refractivity contribution in [2.75, 3.05) is 0 Å². The van der Waals surface area contributed by atoms with E-state index in [0.29, 0.717) is 0 Å². The Hall–Kier alpha value is 0. The molecule has 0 aromatic heterocycles. The van der Waals surface area contributed by atoms with Crippen molar-refractivity contribution in [1.29, 1.82) is 0 Å². The van der Waals surface area contributed by atoms with E-state index >= 15 is 0 Å². The van der Waals surface area contributed by atoms with Crippen LogP contribution < -0.4 is 0 Å². The number of rotatable bonds is 3. The summed E-state index contributed by atoms with van der Waals surface area (Å²) in [6, 6.07) is 0. The first kappa shape index (κ1) is 14.0. The van der Waals surface area contributed by atoms with Crippen LogP contribution in [0.15, 0.2) is 0 Å². The fraction of sp³-hybridized carbons (Fsp3) is 0.947. The summed E-state index contributed by atoms with van der Waals surface area (Å²) in [6.07, 6.45) is 19.5. The van der Waals surface area contributed by atoms with Crippen molar-refractivity contribution in [2.45, 2.75) is 83.5 Å². The van der Waals surface area contributed by atoms with E-state index < -0.39 is 0 Å². The second-order valence-electron chi connectivity index (χ2n) is 7.65. The third-order valence-electron chi connectivity index (χ3n) is 6.77. The smallest absolute Gasteiger partial charge is 0.0352 e. The SMILES string of the molecule is [CH2]CC(C1CCCCC1)C1CCCC2CCCCC21. The average Bonchev–Trinajstić information content (AvgIpc) is 2.49. The molecule has 0 saturated heterocycles. The largest absolute Gasteiger partial charge is 0.0533 e. The zero-order valence-corrected chi connectivity index (χ0v) is 12.8. The first-order chi connectivity index (χ1) is 9.40. The summed E-state index contributed by atoms with van der Waals surface area (Å²) in [5, 5.41) is 0. The number of fused-ring (bicyclic) bond motifs is 1. The summed E-state index contributed by atoms with van der Waals surface area (Å²) in [4.78, 5) is 0. The zero-order chi connectivity index (χ0) is 13.1. The number of hydrogen-bond donors (Lipinski definition) is 0. The quantitative estimate of drug-likeness (QED) is 0.583. The third-order valence-corrected chi connectivity index (χ3v) is 6.77. The van der Waals surface area contributed by atoms with Gasteiger partial charge in [-0.05, 0) is 48.9 Å². The highest BCUT2D eigenvalue weighted by molar-refractivity contribution is 4.91. The van der Waals surface area contributed by atoms with Gasteiger partial charge >= 0.3 is 0 Å². The predicted molar refractivity (Wildman–Crippen MR) is 82.8 cm³/mol. The molecule has 0 aromatic carbocycles. The minimum Gasteiger partial charge on any atom is -0.0533 e. The summed E-state index contributed by atoms with van der Waals surface area (Å²) in [5.41, 5.74) is 0. The van der Waals surface area contributed by atoms with Crippen molar-refractivity contribution in [3.8, 4) is 0 Å². The van der Waals surface area contributed by atoms with Gasteiger partial charge in [0.25, 0.3) is 0 Å². The van der Waals surface area contributed by atoms with E-state index in [4.69, 9.17) is 0 Å². The van der Waals surface area contributed by atoms with Crippen LogP contribution in [0.1, 0.15) is 83.5 Å². The van der Waals surface area contributed by atoms with Gasteiger partial charge in [0.15, 0.2) is 0 Å². The second-order valence-corrected chi connectivity index (χ2v) is 7.65. The highest BCUT2D eigenvalue weighted by atomic mass is 14.5. The Bertz CT molecular complexity index is 261. The maximum Gasteiger partial charge on any atom is -0.0352 e. The fourth-order valence-corrected chi connectivity index (χ4v) is 5.88. The van der Waals surface area contributed by atoms with E-state index in [2.05, 4.69) is 6.92 Å². The summed E-state index contributed by atoms with van der Waals surface area (Å²) in [7, 11) is 0. The van der Waals surface area contributed by atoms with Gasteiger partial charge < -0.3 is 0 Å². The lowest BCUT2D eigenvalue weighted by Crippen LogP contribution is -2.38. The molecule has 4 atom stereocenters. The van der Waals surface area contributed by atoms with Crippen molar-refractivity contribution in [3.05, 3.63) is 6.92 Å². The normalized spacial score (nSPS) is 38.7. The van der Waals surface area contributed by atoms with Crippen molar-refractivity contribution in [1.82, 2.24) is 0 Å². The van der Waals surface area contributed by atoms with Crippen LogP contribution in [0.2, 0.25) is 0 Å². The monoisotopic (exact) mass is 261 g/mol. The topological polar surface area (TPSA) is 0 Å². The highest BCUT2D eigenvalue weighted by Crippen LogP contribution is 2.50. The molecule has 0 heterocycles. The highest BCUT2D eigenvalue weighted by Gasteiger charge is 2.40. The lowest BCUT2D eigenvalue weighted by Gasteiger charge is -2.47. The molecule has 0 nitrogen and oxygen atoms in total. The van der Waals surface area contributed by atoms with E-state index in [-0.39, 0.29) is 0 Å². The van der Waals surface area contributed by atoms with E-state index in [9.17, 15) is 0 Å². The molecular formula is C19H33. The Labute approximate surface area is 120 Å². The number of hydrogen-bond acceptors (Lipinski definition) is 0. The molecule has 0 bridgehead atoms. The minimum atomic E-state index is 0.978. The Morgan fingerprint density at radius 1 is 0.737 bits per heavy atom. The van der Waals surface area contributed by atoms with Crippen LogP contribution in [-0.2, 0) is 0 Å². The molecule has 3 fully saturated rings. The second kappa shape index (κ2) is 6.64. The van der Waals surface area contributed by atoms with E-state index in [1.54, 1.807) is 19.3 Å². The first-order valence-electron chi connectivity index (χ1n) is 9.19. The summed E-state index contributed by atoms with van der Waals surface area (Å²) in [5.74, 6) is 5.27. The van der Waals surface area contributed by atoms with Gasteiger partial charge in [0.1, 0.15) is 0 Å². The van der Waals surface area contributed by atoms with Crippen LogP contribution in [0.5, 0.6) is 0 Å². The molecule has 3 rings (SSSR count). The van der Waals surface area contributed by atoms with Gasteiger partial charge in [0.05, 0.1) is 0 Å². The van der Waals surface area contributed by atoms with Crippen molar-refractivity contribution < 1.29 is 0 Å². The van der Waals surface area contributed by atoms with Crippen LogP contribution in [0, 0.1) is 36.5 Å². The fourth-order valence-electron chi connectivity index (χ4n) is 5.88. The van der Waals surface area contributed by atoms with Crippen molar-refractivity contribution in [2.24, 2.45) is 29.6 Å². The Morgan fingerprint density at radius 3 is 2.21 bits per heavy atom. The standard InChI is InChI=1S/C19H33/c1-2-17(15-9-4-3-5-10-15)19-14-8-12-16-11-6-7-13-18(16)19/h15-19H,1-14H2. The van der Waals surface area contributed by atoms with Crippen LogP contribution in [0.25, 0.3) is 0 Å². The lowest BCUT2D eigenvalue weighted by molar-refractivity contribution is 0.0330. The Kier molecular flexibility index (Phi) is 4.87. The van der Waals surface area contributed by atoms with Crippen molar-refractivity contribution >= 4 is 0 Å². The first-order valence-corrected chi connectivity index (χ1v) is 9.19. The molecule has 3 saturated carbocycles. The Balaban J connectivity index is 1.69. The molecule has 109 valence electrons. The van der Waals surface area contributed by atoms with Gasteiger partial charge in [-0.1, -0.05) is 71.1 Å². The molecule has 0 aromatic rings. The summed E-state index contributed by atoms with van der Waals surface area (Å²) >= 11 is 0. The van der Waals surface area contributed by atoms with Gasteiger partial charge in [-0.3, -0.25) is 0 Å². The molecule has 0 N–H and O–H groups in total. The van der Waals surface area contributed by atoms with Crippen molar-refractivity contribution in [3.63, 3.8) is 0 Å². The van der Waals surface area contributed by atoms with Gasteiger partial charge in [-0.15, -0.1) is 0 Å². The Morgan fingerprint density at radius 2 is 1.42 bits per heavy atom. The maximum atomic E-state index is 4.37. The maximum absolute atomic E-state index is 4.37.